The number of aromatic carboxylic acids is 1. The summed E-state index contributed by atoms with van der Waals surface area (Å²) in [5, 5.41) is 9.23. The predicted octanol–water partition coefficient (Wildman–Crippen LogP) is 3.75. The Labute approximate surface area is 146 Å². The molecule has 122 valence electrons. The number of fused-ring (bicyclic) bond motifs is 1. The molecule has 7 heteroatoms. The van der Waals surface area contributed by atoms with E-state index in [1.165, 1.54) is 22.7 Å². The average molecular weight is 358 g/mol. The number of carbonyl (C=O) groups is 2. The van der Waals surface area contributed by atoms with Crippen LogP contribution in [0, 0.1) is 0 Å². The first-order chi connectivity index (χ1) is 11.6. The molecule has 2 aromatic carbocycles. The van der Waals surface area contributed by atoms with Crippen molar-refractivity contribution >= 4 is 50.9 Å². The predicted molar refractivity (Wildman–Crippen MR) is 97.2 cm³/mol. The van der Waals surface area contributed by atoms with Gasteiger partial charge in [-0.1, -0.05) is 36.0 Å². The Morgan fingerprint density at radius 2 is 1.88 bits per heavy atom. The van der Waals surface area contributed by atoms with Crippen molar-refractivity contribution in [3.05, 3.63) is 54.1 Å². The van der Waals surface area contributed by atoms with Gasteiger partial charge >= 0.3 is 5.97 Å². The number of thiazole rings is 1. The Kier molecular flexibility index (Phi) is 4.82. The van der Waals surface area contributed by atoms with Gasteiger partial charge in [0.15, 0.2) is 4.34 Å². The van der Waals surface area contributed by atoms with E-state index in [-0.39, 0.29) is 17.2 Å². The lowest BCUT2D eigenvalue weighted by atomic mass is 10.1. The van der Waals surface area contributed by atoms with Gasteiger partial charge in [-0.15, -0.1) is 11.3 Å². The van der Waals surface area contributed by atoms with Crippen LogP contribution < -0.4 is 4.90 Å². The highest BCUT2D eigenvalue weighted by molar-refractivity contribution is 8.01. The van der Waals surface area contributed by atoms with Crippen LogP contribution in [0.3, 0.4) is 0 Å². The fourth-order valence-corrected chi connectivity index (χ4v) is 4.20. The topological polar surface area (TPSA) is 70.5 Å². The van der Waals surface area contributed by atoms with Crippen LogP contribution in [0.2, 0.25) is 0 Å². The van der Waals surface area contributed by atoms with Crippen LogP contribution >= 0.6 is 23.1 Å². The molecule has 0 saturated heterocycles. The smallest absolute Gasteiger partial charge is 0.337 e. The van der Waals surface area contributed by atoms with Gasteiger partial charge in [0.1, 0.15) is 0 Å². The molecule has 5 nitrogen and oxygen atoms in total. The highest BCUT2D eigenvalue weighted by Gasteiger charge is 2.18. The number of rotatable bonds is 5. The van der Waals surface area contributed by atoms with Gasteiger partial charge in [-0.05, 0) is 24.3 Å². The summed E-state index contributed by atoms with van der Waals surface area (Å²) in [6.45, 7) is 0. The summed E-state index contributed by atoms with van der Waals surface area (Å²) >= 11 is 2.90. The van der Waals surface area contributed by atoms with E-state index in [0.29, 0.717) is 5.69 Å². The van der Waals surface area contributed by atoms with Crippen LogP contribution in [0.1, 0.15) is 10.4 Å². The first-order valence-electron chi connectivity index (χ1n) is 7.13. The van der Waals surface area contributed by atoms with Gasteiger partial charge in [0.05, 0.1) is 27.2 Å². The third kappa shape index (κ3) is 3.42. The number of benzene rings is 2. The summed E-state index contributed by atoms with van der Waals surface area (Å²) < 4.78 is 1.90. The summed E-state index contributed by atoms with van der Waals surface area (Å²) in [5.74, 6) is -1.03. The van der Waals surface area contributed by atoms with Crippen molar-refractivity contribution in [2.45, 2.75) is 4.34 Å². The maximum atomic E-state index is 12.4. The molecule has 3 aromatic rings. The van der Waals surface area contributed by atoms with Crippen molar-refractivity contribution in [2.24, 2.45) is 0 Å². The lowest BCUT2D eigenvalue weighted by Gasteiger charge is -2.18. The third-order valence-electron chi connectivity index (χ3n) is 3.46. The van der Waals surface area contributed by atoms with Gasteiger partial charge in [-0.2, -0.15) is 0 Å². The van der Waals surface area contributed by atoms with E-state index in [4.69, 9.17) is 0 Å². The maximum absolute atomic E-state index is 12.4. The molecule has 0 radical (unpaired) electrons. The van der Waals surface area contributed by atoms with Gasteiger partial charge in [-0.25, -0.2) is 9.78 Å². The molecule has 1 heterocycles. The number of carboxylic acid groups (broad SMARTS) is 1. The molecule has 0 spiro atoms. The Morgan fingerprint density at radius 3 is 2.62 bits per heavy atom. The number of amides is 1. The number of anilines is 1. The van der Waals surface area contributed by atoms with Crippen LogP contribution in [-0.4, -0.2) is 34.8 Å². The molecule has 0 unspecified atom stereocenters. The van der Waals surface area contributed by atoms with Gasteiger partial charge in [-0.3, -0.25) is 4.79 Å². The van der Waals surface area contributed by atoms with E-state index in [0.717, 1.165) is 14.6 Å². The monoisotopic (exact) mass is 358 g/mol. The Bertz CT molecular complexity index is 874. The minimum Gasteiger partial charge on any atom is -0.478 e. The van der Waals surface area contributed by atoms with Crippen LogP contribution in [-0.2, 0) is 4.79 Å². The molecular weight excluding hydrogens is 344 g/mol. The van der Waals surface area contributed by atoms with Gasteiger partial charge in [0.2, 0.25) is 5.91 Å². The number of hydrogen-bond donors (Lipinski definition) is 1. The van der Waals surface area contributed by atoms with E-state index in [1.807, 2.05) is 24.3 Å². The highest BCUT2D eigenvalue weighted by atomic mass is 32.2. The van der Waals surface area contributed by atoms with Crippen molar-refractivity contribution < 1.29 is 14.7 Å². The van der Waals surface area contributed by atoms with Crippen molar-refractivity contribution in [1.82, 2.24) is 4.98 Å². The van der Waals surface area contributed by atoms with Gasteiger partial charge in [0.25, 0.3) is 0 Å². The quantitative estimate of drug-likeness (QED) is 0.704. The lowest BCUT2D eigenvalue weighted by molar-refractivity contribution is -0.115. The Hall–Kier alpha value is -2.38. The van der Waals surface area contributed by atoms with Crippen molar-refractivity contribution in [1.29, 1.82) is 0 Å². The lowest BCUT2D eigenvalue weighted by Crippen LogP contribution is -2.29. The van der Waals surface area contributed by atoms with E-state index >= 15 is 0 Å². The molecule has 1 aromatic heterocycles. The van der Waals surface area contributed by atoms with E-state index in [1.54, 1.807) is 36.6 Å². The molecule has 0 aliphatic heterocycles. The Morgan fingerprint density at radius 1 is 1.17 bits per heavy atom. The second kappa shape index (κ2) is 7.02. The molecule has 24 heavy (non-hydrogen) atoms. The van der Waals surface area contributed by atoms with Crippen LogP contribution in [0.15, 0.2) is 52.9 Å². The van der Waals surface area contributed by atoms with Crippen molar-refractivity contribution in [3.63, 3.8) is 0 Å². The summed E-state index contributed by atoms with van der Waals surface area (Å²) in [6.07, 6.45) is 0. The van der Waals surface area contributed by atoms with Crippen LogP contribution in [0.4, 0.5) is 5.69 Å². The summed E-state index contributed by atoms with van der Waals surface area (Å²) in [5.41, 5.74) is 1.42. The Balaban J connectivity index is 1.71. The van der Waals surface area contributed by atoms with E-state index < -0.39 is 5.97 Å². The van der Waals surface area contributed by atoms with Gasteiger partial charge < -0.3 is 10.0 Å². The number of nitrogens with zero attached hydrogens (tertiary/aromatic N) is 2. The van der Waals surface area contributed by atoms with E-state index in [2.05, 4.69) is 4.98 Å². The largest absolute Gasteiger partial charge is 0.478 e. The molecule has 0 fully saturated rings. The number of thioether (sulfide) groups is 1. The van der Waals surface area contributed by atoms with E-state index in [9.17, 15) is 14.7 Å². The molecule has 0 saturated carbocycles. The molecular formula is C17H14N2O3S2. The molecule has 0 atom stereocenters. The first-order valence-corrected chi connectivity index (χ1v) is 8.93. The summed E-state index contributed by atoms with van der Waals surface area (Å²) in [6, 6.07) is 14.3. The zero-order valence-corrected chi connectivity index (χ0v) is 14.4. The third-order valence-corrected chi connectivity index (χ3v) is 5.63. The standard InChI is InChI=1S/C17H14N2O3S2/c1-19(13-8-4-2-6-11(13)16(21)22)15(20)10-23-17-18-12-7-3-5-9-14(12)24-17/h2-9H,10H2,1H3,(H,21,22). The maximum Gasteiger partial charge on any atom is 0.337 e. The fourth-order valence-electron chi connectivity index (χ4n) is 2.21. The normalized spacial score (nSPS) is 10.7. The SMILES string of the molecule is CN(C(=O)CSc1nc2ccccc2s1)c1ccccc1C(=O)O. The van der Waals surface area contributed by atoms with Crippen LogP contribution in [0.5, 0.6) is 0 Å². The first kappa shape index (κ1) is 16.5. The second-order valence-electron chi connectivity index (χ2n) is 5.01. The second-order valence-corrected chi connectivity index (χ2v) is 7.26. The molecule has 0 bridgehead atoms. The summed E-state index contributed by atoms with van der Waals surface area (Å²) in [7, 11) is 1.59. The number of carboxylic acids is 1. The van der Waals surface area contributed by atoms with Crippen molar-refractivity contribution in [2.75, 3.05) is 17.7 Å². The number of hydrogen-bond acceptors (Lipinski definition) is 5. The minimum atomic E-state index is -1.05. The number of para-hydroxylation sites is 2. The molecule has 3 rings (SSSR count). The van der Waals surface area contributed by atoms with Crippen LogP contribution in [0.25, 0.3) is 10.2 Å². The number of carbonyl (C=O) groups excluding carboxylic acids is 1. The average Bonchev–Trinajstić information content (AvgIpc) is 3.02. The molecule has 1 N–H and O–H groups in total. The number of aromatic nitrogens is 1. The zero-order valence-electron chi connectivity index (χ0n) is 12.8. The molecule has 1 amide bonds. The molecule has 0 aliphatic carbocycles. The molecule has 0 aliphatic rings. The van der Waals surface area contributed by atoms with Crippen molar-refractivity contribution in [3.8, 4) is 0 Å². The summed E-state index contributed by atoms with van der Waals surface area (Å²) in [4.78, 5) is 29.5. The fraction of sp³-hybridized carbons (Fsp3) is 0.118. The minimum absolute atomic E-state index is 0.110. The van der Waals surface area contributed by atoms with Gasteiger partial charge in [0, 0.05) is 7.05 Å². The highest BCUT2D eigenvalue weighted by Crippen LogP contribution is 2.30. The zero-order chi connectivity index (χ0) is 17.1.